The molecule has 0 aliphatic rings. The van der Waals surface area contributed by atoms with E-state index in [4.69, 9.17) is 9.56 Å². The summed E-state index contributed by atoms with van der Waals surface area (Å²) in [5.41, 5.74) is 1.50. The second-order valence-electron chi connectivity index (χ2n) is 6.53. The molecule has 0 radical (unpaired) electrons. The lowest BCUT2D eigenvalue weighted by atomic mass is 10.1. The van der Waals surface area contributed by atoms with Crippen LogP contribution in [0.4, 0.5) is 0 Å². The zero-order valence-corrected chi connectivity index (χ0v) is 17.4. The minimum Gasteiger partial charge on any atom is -0.459 e. The van der Waals surface area contributed by atoms with Crippen molar-refractivity contribution in [3.05, 3.63) is 58.8 Å². The highest BCUT2D eigenvalue weighted by atomic mass is 32.2. The highest BCUT2D eigenvalue weighted by molar-refractivity contribution is 7.89. The molecule has 0 bridgehead atoms. The lowest BCUT2D eigenvalue weighted by Crippen LogP contribution is -2.31. The van der Waals surface area contributed by atoms with Crippen molar-refractivity contribution in [3.63, 3.8) is 0 Å². The quantitative estimate of drug-likeness (QED) is 0.661. The number of rotatable bonds is 6. The number of furan rings is 1. The molecule has 0 aliphatic heterocycles. The summed E-state index contributed by atoms with van der Waals surface area (Å²) in [7, 11) is -2.02. The number of sulfonamides is 1. The van der Waals surface area contributed by atoms with E-state index in [1.807, 2.05) is 31.4 Å². The molecule has 1 unspecified atom stereocenters. The summed E-state index contributed by atoms with van der Waals surface area (Å²) in [4.78, 5) is 18.8. The van der Waals surface area contributed by atoms with E-state index in [-0.39, 0.29) is 23.3 Å². The van der Waals surface area contributed by atoms with Crippen molar-refractivity contribution in [2.75, 3.05) is 7.05 Å². The van der Waals surface area contributed by atoms with Gasteiger partial charge in [0.2, 0.25) is 15.9 Å². The first-order valence-electron chi connectivity index (χ1n) is 8.55. The van der Waals surface area contributed by atoms with E-state index in [2.05, 4.69) is 4.98 Å². The molecule has 3 rings (SSSR count). The van der Waals surface area contributed by atoms with Gasteiger partial charge in [-0.25, -0.2) is 18.5 Å². The van der Waals surface area contributed by atoms with Crippen LogP contribution in [0, 0.1) is 6.92 Å². The Hall–Kier alpha value is -2.49. The minimum atomic E-state index is -3.74. The average Bonchev–Trinajstić information content (AvgIpc) is 3.28. The molecule has 0 saturated carbocycles. The summed E-state index contributed by atoms with van der Waals surface area (Å²) in [5.74, 6) is 1.42. The predicted octanol–water partition coefficient (Wildman–Crippen LogP) is 3.12. The van der Waals surface area contributed by atoms with Crippen molar-refractivity contribution in [1.82, 2.24) is 9.88 Å². The van der Waals surface area contributed by atoms with Gasteiger partial charge in [-0.1, -0.05) is 12.1 Å². The molecule has 3 aromatic rings. The molecule has 1 atom stereocenters. The average molecular weight is 420 g/mol. The van der Waals surface area contributed by atoms with E-state index in [1.54, 1.807) is 24.1 Å². The molecule has 2 N–H and O–H groups in total. The standard InChI is InChI=1S/C19H21N3O4S2/c1-12-4-9-17(26-12)19-21-15(11-27-19)10-18(23)22(3)13(2)14-5-7-16(8-6-14)28(20,24)25/h4-9,11,13H,10H2,1-3H3,(H2,20,24,25). The molecule has 2 heterocycles. The summed E-state index contributed by atoms with van der Waals surface area (Å²) in [6.07, 6.45) is 0.173. The molecule has 0 fully saturated rings. The number of nitrogens with two attached hydrogens (primary N) is 1. The zero-order chi connectivity index (χ0) is 20.5. The number of primary sulfonamides is 1. The van der Waals surface area contributed by atoms with E-state index >= 15 is 0 Å². The topological polar surface area (TPSA) is 106 Å². The van der Waals surface area contributed by atoms with Gasteiger partial charge in [0.25, 0.3) is 0 Å². The number of aryl methyl sites for hydroxylation is 1. The minimum absolute atomic E-state index is 0.0422. The molecule has 0 saturated heterocycles. The van der Waals surface area contributed by atoms with E-state index in [1.165, 1.54) is 23.5 Å². The van der Waals surface area contributed by atoms with Gasteiger partial charge in [-0.2, -0.15) is 0 Å². The molecule has 28 heavy (non-hydrogen) atoms. The van der Waals surface area contributed by atoms with Gasteiger partial charge in [0.05, 0.1) is 23.1 Å². The number of aromatic nitrogens is 1. The number of nitrogens with zero attached hydrogens (tertiary/aromatic N) is 2. The third-order valence-electron chi connectivity index (χ3n) is 4.50. The Morgan fingerprint density at radius 2 is 1.93 bits per heavy atom. The van der Waals surface area contributed by atoms with Gasteiger partial charge in [-0.3, -0.25) is 4.79 Å². The number of benzene rings is 1. The van der Waals surface area contributed by atoms with Crippen LogP contribution in [0.2, 0.25) is 0 Å². The van der Waals surface area contributed by atoms with Crippen molar-refractivity contribution in [2.45, 2.75) is 31.2 Å². The maximum absolute atomic E-state index is 12.7. The van der Waals surface area contributed by atoms with Crippen LogP contribution < -0.4 is 5.14 Å². The van der Waals surface area contributed by atoms with Crippen molar-refractivity contribution >= 4 is 27.3 Å². The lowest BCUT2D eigenvalue weighted by Gasteiger charge is -2.25. The summed E-state index contributed by atoms with van der Waals surface area (Å²) in [6.45, 7) is 3.75. The number of carbonyl (C=O) groups excluding carboxylic acids is 1. The summed E-state index contributed by atoms with van der Waals surface area (Å²) in [6, 6.07) is 9.71. The number of amides is 1. The zero-order valence-electron chi connectivity index (χ0n) is 15.7. The number of hydrogen-bond acceptors (Lipinski definition) is 6. The summed E-state index contributed by atoms with van der Waals surface area (Å²) in [5, 5.41) is 7.71. The fourth-order valence-electron chi connectivity index (χ4n) is 2.71. The van der Waals surface area contributed by atoms with Crippen LogP contribution in [0.5, 0.6) is 0 Å². The van der Waals surface area contributed by atoms with Gasteiger partial charge in [0, 0.05) is 12.4 Å². The summed E-state index contributed by atoms with van der Waals surface area (Å²) >= 11 is 1.43. The molecular weight excluding hydrogens is 398 g/mol. The van der Waals surface area contributed by atoms with Gasteiger partial charge in [-0.15, -0.1) is 11.3 Å². The first kappa shape index (κ1) is 20.2. The Morgan fingerprint density at radius 3 is 2.50 bits per heavy atom. The van der Waals surface area contributed by atoms with E-state index in [0.29, 0.717) is 11.5 Å². The Balaban J connectivity index is 1.68. The van der Waals surface area contributed by atoms with Crippen molar-refractivity contribution in [1.29, 1.82) is 0 Å². The molecule has 1 aromatic carbocycles. The fraction of sp³-hybridized carbons (Fsp3) is 0.263. The van der Waals surface area contributed by atoms with Gasteiger partial charge < -0.3 is 9.32 Å². The van der Waals surface area contributed by atoms with Gasteiger partial charge in [-0.05, 0) is 43.7 Å². The number of likely N-dealkylation sites (N-methyl/N-ethyl adjacent to an activating group) is 1. The van der Waals surface area contributed by atoms with Crippen LogP contribution in [0.1, 0.15) is 30.0 Å². The van der Waals surface area contributed by atoms with E-state index in [9.17, 15) is 13.2 Å². The van der Waals surface area contributed by atoms with E-state index < -0.39 is 10.0 Å². The Kier molecular flexibility index (Phi) is 5.69. The van der Waals surface area contributed by atoms with Crippen molar-refractivity contribution < 1.29 is 17.6 Å². The molecule has 2 aromatic heterocycles. The summed E-state index contributed by atoms with van der Waals surface area (Å²) < 4.78 is 28.3. The largest absolute Gasteiger partial charge is 0.459 e. The monoisotopic (exact) mass is 419 g/mol. The first-order valence-corrected chi connectivity index (χ1v) is 11.0. The highest BCUT2D eigenvalue weighted by Gasteiger charge is 2.20. The second kappa shape index (κ2) is 7.86. The Bertz CT molecular complexity index is 1080. The maximum atomic E-state index is 12.7. The highest BCUT2D eigenvalue weighted by Crippen LogP contribution is 2.26. The third-order valence-corrected chi connectivity index (χ3v) is 6.34. The van der Waals surface area contributed by atoms with Crippen LogP contribution in [0.3, 0.4) is 0 Å². The molecule has 0 spiro atoms. The van der Waals surface area contributed by atoms with Crippen molar-refractivity contribution in [2.24, 2.45) is 5.14 Å². The second-order valence-corrected chi connectivity index (χ2v) is 8.95. The number of carbonyl (C=O) groups is 1. The number of thiazole rings is 1. The smallest absolute Gasteiger partial charge is 0.238 e. The molecule has 9 heteroatoms. The van der Waals surface area contributed by atoms with Gasteiger partial charge in [0.15, 0.2) is 10.8 Å². The van der Waals surface area contributed by atoms with Crippen molar-refractivity contribution in [3.8, 4) is 10.8 Å². The van der Waals surface area contributed by atoms with Crippen LogP contribution >= 0.6 is 11.3 Å². The van der Waals surface area contributed by atoms with Crippen LogP contribution in [0.25, 0.3) is 10.8 Å². The molecular formula is C19H21N3O4S2. The Labute approximate surface area is 167 Å². The SMILES string of the molecule is Cc1ccc(-c2nc(CC(=O)N(C)C(C)c3ccc(S(N)(=O)=O)cc3)cs2)o1. The van der Waals surface area contributed by atoms with Crippen LogP contribution in [0.15, 0.2) is 51.1 Å². The third kappa shape index (κ3) is 4.49. The number of hydrogen-bond donors (Lipinski definition) is 1. The molecule has 1 amide bonds. The first-order chi connectivity index (χ1) is 13.1. The maximum Gasteiger partial charge on any atom is 0.238 e. The normalized spacial score (nSPS) is 12.7. The van der Waals surface area contributed by atoms with Crippen LogP contribution in [-0.4, -0.2) is 31.3 Å². The van der Waals surface area contributed by atoms with Crippen LogP contribution in [-0.2, 0) is 21.2 Å². The fourth-order valence-corrected chi connectivity index (χ4v) is 4.00. The van der Waals surface area contributed by atoms with E-state index in [0.717, 1.165) is 16.3 Å². The molecule has 148 valence electrons. The predicted molar refractivity (Wildman–Crippen MR) is 107 cm³/mol. The van der Waals surface area contributed by atoms with Gasteiger partial charge in [0.1, 0.15) is 5.76 Å². The molecule has 0 aliphatic carbocycles. The lowest BCUT2D eigenvalue weighted by molar-refractivity contribution is -0.131. The molecule has 7 nitrogen and oxygen atoms in total. The van der Waals surface area contributed by atoms with Gasteiger partial charge >= 0.3 is 0 Å². The Morgan fingerprint density at radius 1 is 1.25 bits per heavy atom.